The van der Waals surface area contributed by atoms with Gasteiger partial charge in [0.2, 0.25) is 0 Å². The van der Waals surface area contributed by atoms with Crippen molar-refractivity contribution in [2.24, 2.45) is 0 Å². The predicted octanol–water partition coefficient (Wildman–Crippen LogP) is 4.46. The highest BCUT2D eigenvalue weighted by molar-refractivity contribution is 6.37. The van der Waals surface area contributed by atoms with E-state index in [1.807, 2.05) is 0 Å². The van der Waals surface area contributed by atoms with Crippen LogP contribution < -0.4 is 4.90 Å². The molecule has 2 amide bonds. The fourth-order valence-corrected chi connectivity index (χ4v) is 3.71. The molecular formula is C21H11ClF2N4O2. The summed E-state index contributed by atoms with van der Waals surface area (Å²) in [7, 11) is 0. The first-order chi connectivity index (χ1) is 14.4. The number of carbonyl (C=O) groups is 2. The average Bonchev–Trinajstić information content (AvgIpc) is 3.19. The molecule has 2 aromatic carbocycles. The number of pyridine rings is 1. The Bertz CT molecular complexity index is 1380. The molecule has 0 radical (unpaired) electrons. The van der Waals surface area contributed by atoms with Crippen molar-refractivity contribution in [2.45, 2.75) is 6.92 Å². The van der Waals surface area contributed by atoms with Crippen LogP contribution in [0.5, 0.6) is 0 Å². The molecule has 30 heavy (non-hydrogen) atoms. The minimum absolute atomic E-state index is 0.149. The first-order valence-electron chi connectivity index (χ1n) is 8.85. The molecule has 0 aliphatic carbocycles. The third-order valence-corrected chi connectivity index (χ3v) is 5.21. The third kappa shape index (κ3) is 2.54. The molecule has 3 heterocycles. The summed E-state index contributed by atoms with van der Waals surface area (Å²) in [5.41, 5.74) is 1.63. The standard InChI is InChI=1S/C21H11ClF2N4O2/c1-10-17-18-14(20(29)27(21(18)30)12-4-2-11(22)3-5-12)9-25-19(17)28(26-10)13-6-7-15(23)16(24)8-13/h2-9H,1H3. The van der Waals surface area contributed by atoms with Gasteiger partial charge in [-0.05, 0) is 43.3 Å². The van der Waals surface area contributed by atoms with Crippen molar-refractivity contribution in [2.75, 3.05) is 4.90 Å². The van der Waals surface area contributed by atoms with Crippen LogP contribution in [0.15, 0.2) is 48.7 Å². The normalized spacial score (nSPS) is 13.4. The zero-order chi connectivity index (χ0) is 21.2. The van der Waals surface area contributed by atoms with Crippen LogP contribution in [0.3, 0.4) is 0 Å². The Morgan fingerprint density at radius 3 is 2.33 bits per heavy atom. The Morgan fingerprint density at radius 1 is 0.933 bits per heavy atom. The van der Waals surface area contributed by atoms with E-state index in [1.165, 1.54) is 16.9 Å². The van der Waals surface area contributed by atoms with E-state index in [0.717, 1.165) is 17.0 Å². The van der Waals surface area contributed by atoms with E-state index in [4.69, 9.17) is 11.6 Å². The van der Waals surface area contributed by atoms with E-state index < -0.39 is 23.4 Å². The lowest BCUT2D eigenvalue weighted by Gasteiger charge is -2.13. The highest BCUT2D eigenvalue weighted by Gasteiger charge is 2.40. The number of amides is 2. The fourth-order valence-electron chi connectivity index (χ4n) is 3.58. The second-order valence-corrected chi connectivity index (χ2v) is 7.20. The van der Waals surface area contributed by atoms with Crippen LogP contribution in [-0.2, 0) is 0 Å². The predicted molar refractivity (Wildman–Crippen MR) is 106 cm³/mol. The molecule has 0 saturated heterocycles. The van der Waals surface area contributed by atoms with Crippen molar-refractivity contribution < 1.29 is 18.4 Å². The van der Waals surface area contributed by atoms with Gasteiger partial charge in [-0.15, -0.1) is 0 Å². The molecule has 148 valence electrons. The quantitative estimate of drug-likeness (QED) is 0.445. The van der Waals surface area contributed by atoms with Crippen molar-refractivity contribution in [3.63, 3.8) is 0 Å². The van der Waals surface area contributed by atoms with Crippen LogP contribution in [0.2, 0.25) is 5.02 Å². The van der Waals surface area contributed by atoms with Crippen LogP contribution >= 0.6 is 11.6 Å². The van der Waals surface area contributed by atoms with E-state index in [2.05, 4.69) is 10.1 Å². The number of rotatable bonds is 2. The Labute approximate surface area is 173 Å². The summed E-state index contributed by atoms with van der Waals surface area (Å²) in [6.07, 6.45) is 1.30. The maximum absolute atomic E-state index is 13.7. The van der Waals surface area contributed by atoms with Crippen LogP contribution in [0.1, 0.15) is 26.4 Å². The molecule has 0 bridgehead atoms. The maximum atomic E-state index is 13.7. The van der Waals surface area contributed by atoms with Crippen molar-refractivity contribution in [1.82, 2.24) is 14.8 Å². The first kappa shape index (κ1) is 18.4. The zero-order valence-electron chi connectivity index (χ0n) is 15.4. The van der Waals surface area contributed by atoms with Gasteiger partial charge in [0.1, 0.15) is 0 Å². The average molecular weight is 425 g/mol. The van der Waals surface area contributed by atoms with Crippen LogP contribution in [0.4, 0.5) is 14.5 Å². The molecule has 0 saturated carbocycles. The van der Waals surface area contributed by atoms with Crippen LogP contribution in [0.25, 0.3) is 16.7 Å². The number of halogens is 3. The van der Waals surface area contributed by atoms with Gasteiger partial charge in [0, 0.05) is 17.3 Å². The minimum atomic E-state index is -1.03. The number of imide groups is 1. The third-order valence-electron chi connectivity index (χ3n) is 4.95. The van der Waals surface area contributed by atoms with Gasteiger partial charge in [-0.3, -0.25) is 9.59 Å². The molecule has 6 nitrogen and oxygen atoms in total. The summed E-state index contributed by atoms with van der Waals surface area (Å²) >= 11 is 5.90. The molecule has 1 aliphatic heterocycles. The molecule has 0 unspecified atom stereocenters. The first-order valence-corrected chi connectivity index (χ1v) is 9.22. The largest absolute Gasteiger partial charge is 0.268 e. The Balaban J connectivity index is 1.70. The van der Waals surface area contributed by atoms with Crippen molar-refractivity contribution in [3.8, 4) is 5.69 Å². The van der Waals surface area contributed by atoms with Gasteiger partial charge < -0.3 is 0 Å². The molecule has 5 rings (SSSR count). The van der Waals surface area contributed by atoms with Crippen LogP contribution in [-0.4, -0.2) is 26.6 Å². The summed E-state index contributed by atoms with van der Waals surface area (Å²) < 4.78 is 28.4. The van der Waals surface area contributed by atoms with Crippen molar-refractivity contribution in [3.05, 3.63) is 82.1 Å². The summed E-state index contributed by atoms with van der Waals surface area (Å²) in [6.45, 7) is 1.66. The summed E-state index contributed by atoms with van der Waals surface area (Å²) in [5, 5.41) is 5.20. The topological polar surface area (TPSA) is 68.1 Å². The summed E-state index contributed by atoms with van der Waals surface area (Å²) in [6, 6.07) is 9.65. The number of aryl methyl sites for hydroxylation is 1. The van der Waals surface area contributed by atoms with Crippen molar-refractivity contribution >= 4 is 40.1 Å². The van der Waals surface area contributed by atoms with Gasteiger partial charge in [-0.1, -0.05) is 11.6 Å². The molecule has 2 aromatic heterocycles. The van der Waals surface area contributed by atoms with E-state index in [9.17, 15) is 18.4 Å². The fraction of sp³-hybridized carbons (Fsp3) is 0.0476. The number of hydrogen-bond acceptors (Lipinski definition) is 4. The van der Waals surface area contributed by atoms with E-state index in [1.54, 1.807) is 31.2 Å². The van der Waals surface area contributed by atoms with Gasteiger partial charge in [0.25, 0.3) is 11.8 Å². The molecule has 0 N–H and O–H groups in total. The Kier molecular flexibility index (Phi) is 3.94. The molecule has 9 heteroatoms. The number of benzene rings is 2. The smallest absolute Gasteiger partial charge is 0.267 e. The lowest BCUT2D eigenvalue weighted by Crippen LogP contribution is -2.29. The molecule has 0 atom stereocenters. The van der Waals surface area contributed by atoms with Gasteiger partial charge >= 0.3 is 0 Å². The number of aromatic nitrogens is 3. The minimum Gasteiger partial charge on any atom is -0.268 e. The van der Waals surface area contributed by atoms with Crippen molar-refractivity contribution in [1.29, 1.82) is 0 Å². The summed E-state index contributed by atoms with van der Waals surface area (Å²) in [4.78, 5) is 31.5. The Morgan fingerprint density at radius 2 is 1.63 bits per heavy atom. The summed E-state index contributed by atoms with van der Waals surface area (Å²) in [5.74, 6) is -3.04. The number of carbonyl (C=O) groups excluding carboxylic acids is 2. The monoisotopic (exact) mass is 424 g/mol. The number of anilines is 1. The van der Waals surface area contributed by atoms with E-state index >= 15 is 0 Å². The van der Waals surface area contributed by atoms with Gasteiger partial charge in [-0.25, -0.2) is 23.3 Å². The SMILES string of the molecule is Cc1nn(-c2ccc(F)c(F)c2)c2ncc3c(c12)C(=O)N(c1ccc(Cl)cc1)C3=O. The molecular weight excluding hydrogens is 414 g/mol. The van der Waals surface area contributed by atoms with Gasteiger partial charge in [0.05, 0.1) is 33.6 Å². The lowest BCUT2D eigenvalue weighted by atomic mass is 10.1. The number of hydrogen-bond donors (Lipinski definition) is 0. The molecule has 4 aromatic rings. The Hall–Kier alpha value is -3.65. The second-order valence-electron chi connectivity index (χ2n) is 6.76. The van der Waals surface area contributed by atoms with E-state index in [0.29, 0.717) is 21.8 Å². The highest BCUT2D eigenvalue weighted by atomic mass is 35.5. The van der Waals surface area contributed by atoms with E-state index in [-0.39, 0.29) is 22.5 Å². The highest BCUT2D eigenvalue weighted by Crippen LogP contribution is 2.35. The zero-order valence-corrected chi connectivity index (χ0v) is 16.1. The van der Waals surface area contributed by atoms with Gasteiger partial charge in [0.15, 0.2) is 17.3 Å². The van der Waals surface area contributed by atoms with Gasteiger partial charge in [-0.2, -0.15) is 5.10 Å². The van der Waals surface area contributed by atoms with Crippen LogP contribution in [0, 0.1) is 18.6 Å². The maximum Gasteiger partial charge on any atom is 0.267 e. The molecule has 1 aliphatic rings. The number of nitrogens with zero attached hydrogens (tertiary/aromatic N) is 4. The lowest BCUT2D eigenvalue weighted by molar-refractivity contribution is 0.0926. The second kappa shape index (κ2) is 6.43. The number of fused-ring (bicyclic) bond motifs is 3. The molecule has 0 fully saturated rings. The molecule has 0 spiro atoms.